The Morgan fingerprint density at radius 2 is 1.83 bits per heavy atom. The molecular formula is C15H24N2O. The molecule has 0 amide bonds. The largest absolute Gasteiger partial charge is 0.508 e. The normalized spacial score (nSPS) is 18.7. The highest BCUT2D eigenvalue weighted by atomic mass is 16.3. The molecule has 1 saturated heterocycles. The summed E-state index contributed by atoms with van der Waals surface area (Å²) < 4.78 is 0. The summed E-state index contributed by atoms with van der Waals surface area (Å²) in [7, 11) is 0. The van der Waals surface area contributed by atoms with Gasteiger partial charge in [-0.15, -0.1) is 0 Å². The van der Waals surface area contributed by atoms with E-state index < -0.39 is 0 Å². The highest BCUT2D eigenvalue weighted by Gasteiger charge is 2.12. The van der Waals surface area contributed by atoms with E-state index in [2.05, 4.69) is 17.1 Å². The molecule has 18 heavy (non-hydrogen) atoms. The van der Waals surface area contributed by atoms with Crippen molar-refractivity contribution in [2.45, 2.75) is 38.8 Å². The van der Waals surface area contributed by atoms with Crippen LogP contribution in [0.1, 0.15) is 31.7 Å². The van der Waals surface area contributed by atoms with E-state index in [1.165, 1.54) is 37.9 Å². The molecule has 1 aliphatic rings. The van der Waals surface area contributed by atoms with Crippen molar-refractivity contribution in [3.05, 3.63) is 29.8 Å². The Morgan fingerprint density at radius 3 is 2.50 bits per heavy atom. The van der Waals surface area contributed by atoms with Crippen LogP contribution in [0.5, 0.6) is 5.75 Å². The topological polar surface area (TPSA) is 35.5 Å². The van der Waals surface area contributed by atoms with Crippen LogP contribution in [-0.2, 0) is 6.54 Å². The first-order valence-electron chi connectivity index (χ1n) is 6.98. The first kappa shape index (κ1) is 13.4. The Labute approximate surface area is 110 Å². The zero-order chi connectivity index (χ0) is 12.8. The number of hydrogen-bond acceptors (Lipinski definition) is 3. The molecule has 0 aliphatic carbocycles. The fraction of sp³-hybridized carbons (Fsp3) is 0.600. The predicted molar refractivity (Wildman–Crippen MR) is 74.7 cm³/mol. The van der Waals surface area contributed by atoms with Gasteiger partial charge in [0.2, 0.25) is 0 Å². The molecule has 0 bridgehead atoms. The molecule has 0 spiro atoms. The monoisotopic (exact) mass is 248 g/mol. The van der Waals surface area contributed by atoms with Gasteiger partial charge < -0.3 is 15.3 Å². The van der Waals surface area contributed by atoms with Gasteiger partial charge in [0.05, 0.1) is 0 Å². The van der Waals surface area contributed by atoms with E-state index in [9.17, 15) is 5.11 Å². The van der Waals surface area contributed by atoms with Crippen LogP contribution in [0.3, 0.4) is 0 Å². The summed E-state index contributed by atoms with van der Waals surface area (Å²) in [5.74, 6) is 0.333. The Balaban J connectivity index is 1.70. The summed E-state index contributed by atoms with van der Waals surface area (Å²) >= 11 is 0. The summed E-state index contributed by atoms with van der Waals surface area (Å²) in [6.07, 6.45) is 4.10. The number of aromatic hydroxyl groups is 1. The van der Waals surface area contributed by atoms with Gasteiger partial charge in [-0.1, -0.05) is 18.6 Å². The maximum Gasteiger partial charge on any atom is 0.115 e. The van der Waals surface area contributed by atoms with Crippen LogP contribution in [-0.4, -0.2) is 35.7 Å². The lowest BCUT2D eigenvalue weighted by Gasteiger charge is -2.29. The minimum Gasteiger partial charge on any atom is -0.508 e. The summed E-state index contributed by atoms with van der Waals surface area (Å²) in [5.41, 5.74) is 1.22. The van der Waals surface area contributed by atoms with Gasteiger partial charge in [0, 0.05) is 19.1 Å². The third-order valence-electron chi connectivity index (χ3n) is 3.57. The first-order chi connectivity index (χ1) is 8.74. The molecule has 2 rings (SSSR count). The lowest BCUT2D eigenvalue weighted by molar-refractivity contribution is 0.209. The van der Waals surface area contributed by atoms with E-state index in [1.807, 2.05) is 12.1 Å². The third kappa shape index (κ3) is 4.31. The van der Waals surface area contributed by atoms with Gasteiger partial charge in [-0.05, 0) is 50.6 Å². The molecule has 1 atom stereocenters. The minimum absolute atomic E-state index is 0.333. The fourth-order valence-electron chi connectivity index (χ4n) is 2.50. The van der Waals surface area contributed by atoms with Gasteiger partial charge in [0.1, 0.15) is 5.75 Å². The van der Waals surface area contributed by atoms with Gasteiger partial charge >= 0.3 is 0 Å². The second-order valence-corrected chi connectivity index (χ2v) is 5.31. The maximum absolute atomic E-state index is 9.22. The van der Waals surface area contributed by atoms with Crippen LogP contribution < -0.4 is 5.32 Å². The molecular weight excluding hydrogens is 224 g/mol. The second kappa shape index (κ2) is 6.76. The molecule has 1 unspecified atom stereocenters. The van der Waals surface area contributed by atoms with Crippen molar-refractivity contribution in [1.82, 2.24) is 10.2 Å². The summed E-state index contributed by atoms with van der Waals surface area (Å²) in [6.45, 7) is 6.76. The van der Waals surface area contributed by atoms with E-state index in [4.69, 9.17) is 0 Å². The van der Waals surface area contributed by atoms with Crippen molar-refractivity contribution in [2.24, 2.45) is 0 Å². The van der Waals surface area contributed by atoms with Crippen molar-refractivity contribution in [2.75, 3.05) is 19.6 Å². The number of likely N-dealkylation sites (tertiary alicyclic amines) is 1. The number of hydrogen-bond donors (Lipinski definition) is 2. The molecule has 2 N–H and O–H groups in total. The lowest BCUT2D eigenvalue weighted by Crippen LogP contribution is -2.41. The maximum atomic E-state index is 9.22. The van der Waals surface area contributed by atoms with Crippen LogP contribution in [0.15, 0.2) is 24.3 Å². The van der Waals surface area contributed by atoms with Gasteiger partial charge in [-0.25, -0.2) is 0 Å². The van der Waals surface area contributed by atoms with Crippen molar-refractivity contribution in [3.8, 4) is 5.75 Å². The summed E-state index contributed by atoms with van der Waals surface area (Å²) in [4.78, 5) is 2.55. The van der Waals surface area contributed by atoms with Crippen LogP contribution >= 0.6 is 0 Å². The zero-order valence-electron chi connectivity index (χ0n) is 11.2. The van der Waals surface area contributed by atoms with E-state index in [1.54, 1.807) is 12.1 Å². The molecule has 3 nitrogen and oxygen atoms in total. The highest BCUT2D eigenvalue weighted by molar-refractivity contribution is 5.25. The number of nitrogens with one attached hydrogen (secondary N) is 1. The van der Waals surface area contributed by atoms with Gasteiger partial charge in [-0.3, -0.25) is 0 Å². The summed E-state index contributed by atoms with van der Waals surface area (Å²) in [6, 6.07) is 7.93. The molecule has 0 aromatic heterocycles. The number of nitrogens with zero attached hydrogens (tertiary/aromatic N) is 1. The molecule has 1 aromatic carbocycles. The quantitative estimate of drug-likeness (QED) is 0.839. The number of benzene rings is 1. The average Bonchev–Trinajstić information content (AvgIpc) is 2.39. The van der Waals surface area contributed by atoms with Crippen LogP contribution in [0, 0.1) is 0 Å². The fourth-order valence-corrected chi connectivity index (χ4v) is 2.50. The first-order valence-corrected chi connectivity index (χ1v) is 6.98. The number of piperidine rings is 1. The van der Waals surface area contributed by atoms with E-state index in [0.29, 0.717) is 11.8 Å². The Morgan fingerprint density at radius 1 is 1.17 bits per heavy atom. The number of rotatable bonds is 5. The molecule has 1 aromatic rings. The number of phenols is 1. The molecule has 1 fully saturated rings. The Kier molecular flexibility index (Phi) is 5.02. The minimum atomic E-state index is 0.333. The smallest absolute Gasteiger partial charge is 0.115 e. The van der Waals surface area contributed by atoms with Crippen molar-refractivity contribution >= 4 is 0 Å². The summed E-state index contributed by atoms with van der Waals surface area (Å²) in [5, 5.41) is 12.8. The molecule has 1 heterocycles. The molecule has 3 heteroatoms. The van der Waals surface area contributed by atoms with Crippen molar-refractivity contribution in [3.63, 3.8) is 0 Å². The van der Waals surface area contributed by atoms with E-state index in [-0.39, 0.29) is 0 Å². The number of phenolic OH excluding ortho intramolecular Hbond substituents is 1. The van der Waals surface area contributed by atoms with E-state index in [0.717, 1.165) is 13.1 Å². The van der Waals surface area contributed by atoms with Crippen LogP contribution in [0.25, 0.3) is 0 Å². The van der Waals surface area contributed by atoms with E-state index >= 15 is 0 Å². The average molecular weight is 248 g/mol. The molecule has 100 valence electrons. The standard InChI is InChI=1S/C15H24N2O/c1-13(12-17-9-3-2-4-10-17)16-11-14-5-7-15(18)8-6-14/h5-8,13,16,18H,2-4,9-12H2,1H3. The van der Waals surface area contributed by atoms with Crippen LogP contribution in [0.2, 0.25) is 0 Å². The lowest BCUT2D eigenvalue weighted by atomic mass is 10.1. The zero-order valence-corrected chi connectivity index (χ0v) is 11.2. The van der Waals surface area contributed by atoms with Crippen molar-refractivity contribution in [1.29, 1.82) is 0 Å². The Hall–Kier alpha value is -1.06. The Bertz CT molecular complexity index is 344. The van der Waals surface area contributed by atoms with Crippen LogP contribution in [0.4, 0.5) is 0 Å². The van der Waals surface area contributed by atoms with Crippen molar-refractivity contribution < 1.29 is 5.11 Å². The molecule has 1 aliphatic heterocycles. The van der Waals surface area contributed by atoms with Gasteiger partial charge in [-0.2, -0.15) is 0 Å². The predicted octanol–water partition coefficient (Wildman–Crippen LogP) is 2.36. The molecule has 0 saturated carbocycles. The van der Waals surface area contributed by atoms with Gasteiger partial charge in [0.25, 0.3) is 0 Å². The SMILES string of the molecule is CC(CN1CCCCC1)NCc1ccc(O)cc1. The highest BCUT2D eigenvalue weighted by Crippen LogP contribution is 2.11. The van der Waals surface area contributed by atoms with Gasteiger partial charge in [0.15, 0.2) is 0 Å². The second-order valence-electron chi connectivity index (χ2n) is 5.31. The third-order valence-corrected chi connectivity index (χ3v) is 3.57. The molecule has 0 radical (unpaired) electrons.